The van der Waals surface area contributed by atoms with Gasteiger partial charge in [0.25, 0.3) is 0 Å². The van der Waals surface area contributed by atoms with Gasteiger partial charge in [0, 0.05) is 48.0 Å². The fraction of sp³-hybridized carbons (Fsp3) is 0.278. The zero-order valence-electron chi connectivity index (χ0n) is 13.8. The Bertz CT molecular complexity index is 876. The fourth-order valence-electron chi connectivity index (χ4n) is 2.69. The summed E-state index contributed by atoms with van der Waals surface area (Å²) in [5.41, 5.74) is 2.89. The van der Waals surface area contributed by atoms with Crippen LogP contribution in [0.25, 0.3) is 10.9 Å². The molecule has 0 amide bonds. The SMILES string of the molecule is CCSc1ncc(CN(C)Cc2cc(=O)[nH]c3ccccc23)cn1. The summed E-state index contributed by atoms with van der Waals surface area (Å²) in [6.07, 6.45) is 3.74. The number of hydrogen-bond acceptors (Lipinski definition) is 5. The van der Waals surface area contributed by atoms with E-state index in [0.717, 1.165) is 39.5 Å². The van der Waals surface area contributed by atoms with Crippen molar-refractivity contribution in [1.29, 1.82) is 0 Å². The van der Waals surface area contributed by atoms with Gasteiger partial charge < -0.3 is 4.98 Å². The molecule has 0 bridgehead atoms. The third-order valence-corrected chi connectivity index (χ3v) is 4.44. The summed E-state index contributed by atoms with van der Waals surface area (Å²) in [7, 11) is 2.03. The molecule has 0 saturated heterocycles. The summed E-state index contributed by atoms with van der Waals surface area (Å²) < 4.78 is 0. The first-order chi connectivity index (χ1) is 11.7. The third kappa shape index (κ3) is 4.01. The Balaban J connectivity index is 1.75. The van der Waals surface area contributed by atoms with E-state index in [9.17, 15) is 4.79 Å². The number of thioether (sulfide) groups is 1. The van der Waals surface area contributed by atoms with Crippen LogP contribution in [-0.2, 0) is 13.1 Å². The predicted octanol–water partition coefficient (Wildman–Crippen LogP) is 3.06. The Labute approximate surface area is 145 Å². The second kappa shape index (κ2) is 7.59. The molecule has 0 aliphatic heterocycles. The zero-order valence-corrected chi connectivity index (χ0v) is 14.6. The number of fused-ring (bicyclic) bond motifs is 1. The van der Waals surface area contributed by atoms with Crippen LogP contribution in [0.5, 0.6) is 0 Å². The van der Waals surface area contributed by atoms with E-state index < -0.39 is 0 Å². The lowest BCUT2D eigenvalue weighted by molar-refractivity contribution is 0.319. The number of aromatic nitrogens is 3. The lowest BCUT2D eigenvalue weighted by atomic mass is 10.1. The largest absolute Gasteiger partial charge is 0.322 e. The van der Waals surface area contributed by atoms with Crippen LogP contribution in [0.3, 0.4) is 0 Å². The summed E-state index contributed by atoms with van der Waals surface area (Å²) in [6, 6.07) is 9.56. The van der Waals surface area contributed by atoms with Crippen LogP contribution in [-0.4, -0.2) is 32.7 Å². The number of para-hydroxylation sites is 1. The normalized spacial score (nSPS) is 11.3. The van der Waals surface area contributed by atoms with Crippen molar-refractivity contribution < 1.29 is 0 Å². The van der Waals surface area contributed by atoms with Crippen LogP contribution in [0.2, 0.25) is 0 Å². The van der Waals surface area contributed by atoms with Crippen molar-refractivity contribution in [3.05, 3.63) is 64.2 Å². The number of nitrogens with one attached hydrogen (secondary N) is 1. The van der Waals surface area contributed by atoms with Gasteiger partial charge in [0.2, 0.25) is 5.56 Å². The molecule has 24 heavy (non-hydrogen) atoms. The quantitative estimate of drug-likeness (QED) is 0.552. The molecule has 1 N–H and O–H groups in total. The van der Waals surface area contributed by atoms with E-state index in [2.05, 4.69) is 26.8 Å². The smallest absolute Gasteiger partial charge is 0.248 e. The molecular weight excluding hydrogens is 320 g/mol. The van der Waals surface area contributed by atoms with Gasteiger partial charge in [-0.1, -0.05) is 36.9 Å². The maximum absolute atomic E-state index is 11.8. The van der Waals surface area contributed by atoms with Gasteiger partial charge in [-0.15, -0.1) is 0 Å². The Morgan fingerprint density at radius 3 is 2.67 bits per heavy atom. The standard InChI is InChI=1S/C18H20N4OS/c1-3-24-18-19-9-13(10-20-18)11-22(2)12-14-8-17(23)21-16-7-5-4-6-15(14)16/h4-10H,3,11-12H2,1-2H3,(H,21,23). The molecule has 5 nitrogen and oxygen atoms in total. The molecule has 0 unspecified atom stereocenters. The Kier molecular flexibility index (Phi) is 5.27. The molecule has 3 rings (SSSR count). The van der Waals surface area contributed by atoms with E-state index in [1.807, 2.05) is 43.7 Å². The van der Waals surface area contributed by atoms with Gasteiger partial charge in [0.15, 0.2) is 5.16 Å². The molecule has 0 atom stereocenters. The summed E-state index contributed by atoms with van der Waals surface area (Å²) in [5.74, 6) is 0.967. The van der Waals surface area contributed by atoms with Crippen LogP contribution < -0.4 is 5.56 Å². The molecule has 2 aromatic heterocycles. The lowest BCUT2D eigenvalue weighted by Gasteiger charge is -2.17. The predicted molar refractivity (Wildman–Crippen MR) is 98.2 cm³/mol. The average Bonchev–Trinajstić information content (AvgIpc) is 2.57. The van der Waals surface area contributed by atoms with Gasteiger partial charge in [-0.3, -0.25) is 9.69 Å². The van der Waals surface area contributed by atoms with Crippen molar-refractivity contribution in [2.75, 3.05) is 12.8 Å². The second-order valence-electron chi connectivity index (χ2n) is 5.68. The van der Waals surface area contributed by atoms with Crippen molar-refractivity contribution in [3.8, 4) is 0 Å². The molecule has 6 heteroatoms. The number of H-pyrrole nitrogens is 1. The van der Waals surface area contributed by atoms with E-state index in [-0.39, 0.29) is 5.56 Å². The number of nitrogens with zero attached hydrogens (tertiary/aromatic N) is 3. The van der Waals surface area contributed by atoms with Crippen molar-refractivity contribution in [2.24, 2.45) is 0 Å². The van der Waals surface area contributed by atoms with Crippen LogP contribution in [0.15, 0.2) is 52.7 Å². The molecule has 0 aliphatic rings. The highest BCUT2D eigenvalue weighted by Gasteiger charge is 2.08. The fourth-order valence-corrected chi connectivity index (χ4v) is 3.21. The highest BCUT2D eigenvalue weighted by Crippen LogP contribution is 2.17. The van der Waals surface area contributed by atoms with Gasteiger partial charge in [0.05, 0.1) is 0 Å². The Morgan fingerprint density at radius 1 is 1.17 bits per heavy atom. The van der Waals surface area contributed by atoms with Gasteiger partial charge in [0.1, 0.15) is 0 Å². The van der Waals surface area contributed by atoms with Gasteiger partial charge in [-0.2, -0.15) is 0 Å². The van der Waals surface area contributed by atoms with Crippen LogP contribution >= 0.6 is 11.8 Å². The molecular formula is C18H20N4OS. The minimum Gasteiger partial charge on any atom is -0.322 e. The minimum atomic E-state index is -0.0682. The number of aromatic amines is 1. The maximum atomic E-state index is 11.8. The second-order valence-corrected chi connectivity index (χ2v) is 6.91. The van der Waals surface area contributed by atoms with Crippen LogP contribution in [0.4, 0.5) is 0 Å². The molecule has 0 radical (unpaired) electrons. The topological polar surface area (TPSA) is 61.9 Å². The van der Waals surface area contributed by atoms with Gasteiger partial charge in [-0.25, -0.2) is 9.97 Å². The van der Waals surface area contributed by atoms with Crippen LogP contribution in [0, 0.1) is 0 Å². The number of hydrogen-bond donors (Lipinski definition) is 1. The highest BCUT2D eigenvalue weighted by molar-refractivity contribution is 7.99. The van der Waals surface area contributed by atoms with E-state index in [1.54, 1.807) is 17.8 Å². The minimum absolute atomic E-state index is 0.0682. The zero-order chi connectivity index (χ0) is 16.9. The van der Waals surface area contributed by atoms with E-state index >= 15 is 0 Å². The number of pyridine rings is 1. The lowest BCUT2D eigenvalue weighted by Crippen LogP contribution is -2.19. The van der Waals surface area contributed by atoms with E-state index in [0.29, 0.717) is 6.54 Å². The summed E-state index contributed by atoms with van der Waals surface area (Å²) in [4.78, 5) is 25.6. The summed E-state index contributed by atoms with van der Waals surface area (Å²) in [5, 5.41) is 1.89. The summed E-state index contributed by atoms with van der Waals surface area (Å²) >= 11 is 1.63. The molecule has 124 valence electrons. The first-order valence-electron chi connectivity index (χ1n) is 7.89. The van der Waals surface area contributed by atoms with Gasteiger partial charge >= 0.3 is 0 Å². The molecule has 0 fully saturated rings. The maximum Gasteiger partial charge on any atom is 0.248 e. The van der Waals surface area contributed by atoms with Crippen molar-refractivity contribution in [2.45, 2.75) is 25.2 Å². The van der Waals surface area contributed by atoms with Gasteiger partial charge in [-0.05, 0) is 24.4 Å². The Hall–Kier alpha value is -2.18. The highest BCUT2D eigenvalue weighted by atomic mass is 32.2. The molecule has 3 aromatic rings. The molecule has 2 heterocycles. The number of benzene rings is 1. The molecule has 0 spiro atoms. The first-order valence-corrected chi connectivity index (χ1v) is 8.87. The third-order valence-electron chi connectivity index (χ3n) is 3.68. The monoisotopic (exact) mass is 340 g/mol. The van der Waals surface area contributed by atoms with Crippen molar-refractivity contribution in [3.63, 3.8) is 0 Å². The van der Waals surface area contributed by atoms with E-state index in [1.165, 1.54) is 0 Å². The molecule has 1 aromatic carbocycles. The average molecular weight is 340 g/mol. The molecule has 0 saturated carbocycles. The number of rotatable bonds is 6. The Morgan fingerprint density at radius 2 is 1.92 bits per heavy atom. The molecule has 0 aliphatic carbocycles. The first kappa shape index (κ1) is 16.7. The van der Waals surface area contributed by atoms with E-state index in [4.69, 9.17) is 0 Å². The summed E-state index contributed by atoms with van der Waals surface area (Å²) in [6.45, 7) is 3.51. The van der Waals surface area contributed by atoms with Crippen molar-refractivity contribution in [1.82, 2.24) is 19.9 Å². The van der Waals surface area contributed by atoms with Crippen LogP contribution in [0.1, 0.15) is 18.1 Å². The van der Waals surface area contributed by atoms with Crippen molar-refractivity contribution >= 4 is 22.7 Å².